The van der Waals surface area contributed by atoms with Gasteiger partial charge in [-0.15, -0.1) is 0 Å². The summed E-state index contributed by atoms with van der Waals surface area (Å²) in [5, 5.41) is 0. The van der Waals surface area contributed by atoms with Crippen LogP contribution in [-0.2, 0) is 26.1 Å². The van der Waals surface area contributed by atoms with Gasteiger partial charge in [0.15, 0.2) is 6.61 Å². The van der Waals surface area contributed by atoms with Crippen molar-refractivity contribution in [1.82, 2.24) is 9.62 Å². The lowest BCUT2D eigenvalue weighted by Gasteiger charge is -2.21. The Morgan fingerprint density at radius 3 is 2.37 bits per heavy atom. The highest BCUT2D eigenvalue weighted by molar-refractivity contribution is 7.89. The van der Waals surface area contributed by atoms with Crippen molar-refractivity contribution in [3.05, 3.63) is 65.5 Å². The smallest absolute Gasteiger partial charge is 0.338 e. The fourth-order valence-corrected chi connectivity index (χ4v) is 3.93. The van der Waals surface area contributed by atoms with Crippen LogP contribution in [0.4, 0.5) is 4.39 Å². The van der Waals surface area contributed by atoms with Crippen molar-refractivity contribution >= 4 is 21.9 Å². The molecule has 0 saturated carbocycles. The van der Waals surface area contributed by atoms with Gasteiger partial charge in [-0.25, -0.2) is 22.3 Å². The highest BCUT2D eigenvalue weighted by atomic mass is 32.2. The van der Waals surface area contributed by atoms with Crippen LogP contribution in [-0.4, -0.2) is 44.4 Å². The molecule has 0 aliphatic carbocycles. The molecule has 2 rings (SSSR count). The molecule has 162 valence electrons. The van der Waals surface area contributed by atoms with Crippen LogP contribution in [0.1, 0.15) is 36.7 Å². The summed E-state index contributed by atoms with van der Waals surface area (Å²) < 4.78 is 45.1. The lowest BCUT2D eigenvalue weighted by atomic mass is 10.2. The molecule has 30 heavy (non-hydrogen) atoms. The Balaban J connectivity index is 1.96. The molecule has 7 nitrogen and oxygen atoms in total. The number of nitrogens with zero attached hydrogens (tertiary/aromatic N) is 1. The lowest BCUT2D eigenvalue weighted by Crippen LogP contribution is -2.34. The summed E-state index contributed by atoms with van der Waals surface area (Å²) in [4.78, 5) is 26.0. The summed E-state index contributed by atoms with van der Waals surface area (Å²) >= 11 is 0. The first-order valence-corrected chi connectivity index (χ1v) is 10.9. The molecule has 1 N–H and O–H groups in total. The zero-order chi connectivity index (χ0) is 22.3. The number of sulfonamides is 1. The first kappa shape index (κ1) is 23.5. The second-order valence-corrected chi connectivity index (χ2v) is 8.63. The number of hydrogen-bond donors (Lipinski definition) is 1. The van der Waals surface area contributed by atoms with E-state index in [0.29, 0.717) is 12.1 Å². The monoisotopic (exact) mass is 436 g/mol. The molecule has 9 heteroatoms. The number of ether oxygens (including phenoxy) is 1. The molecule has 0 aliphatic rings. The summed E-state index contributed by atoms with van der Waals surface area (Å²) in [6.45, 7) is 5.25. The summed E-state index contributed by atoms with van der Waals surface area (Å²) in [6, 6.07) is 10.9. The predicted octanol–water partition coefficient (Wildman–Crippen LogP) is 2.72. The van der Waals surface area contributed by atoms with Crippen LogP contribution in [0.3, 0.4) is 0 Å². The summed E-state index contributed by atoms with van der Waals surface area (Å²) in [7, 11) is -3.66. The normalized spacial score (nSPS) is 11.4. The third-order valence-corrected chi connectivity index (χ3v) is 5.79. The molecular weight excluding hydrogens is 411 g/mol. The van der Waals surface area contributed by atoms with Gasteiger partial charge in [-0.2, -0.15) is 0 Å². The van der Waals surface area contributed by atoms with E-state index in [-0.39, 0.29) is 23.0 Å². The number of carbonyl (C=O) groups is 2. The van der Waals surface area contributed by atoms with Gasteiger partial charge in [0.1, 0.15) is 5.82 Å². The van der Waals surface area contributed by atoms with Gasteiger partial charge in [0.05, 0.1) is 10.5 Å². The molecule has 0 bridgehead atoms. The van der Waals surface area contributed by atoms with Crippen LogP contribution in [0.15, 0.2) is 53.4 Å². The summed E-state index contributed by atoms with van der Waals surface area (Å²) in [6.07, 6.45) is 0. The number of nitrogens with one attached hydrogen (secondary N) is 1. The van der Waals surface area contributed by atoms with E-state index in [1.54, 1.807) is 32.9 Å². The molecule has 1 amide bonds. The van der Waals surface area contributed by atoms with E-state index in [1.165, 1.54) is 41.3 Å². The fraction of sp³-hybridized carbons (Fsp3) is 0.333. The fourth-order valence-electron chi connectivity index (χ4n) is 2.68. The third-order valence-electron chi connectivity index (χ3n) is 4.11. The van der Waals surface area contributed by atoms with E-state index in [9.17, 15) is 22.4 Å². The minimum Gasteiger partial charge on any atom is -0.452 e. The van der Waals surface area contributed by atoms with E-state index in [2.05, 4.69) is 4.72 Å². The molecule has 0 aliphatic heterocycles. The first-order valence-electron chi connectivity index (χ1n) is 9.44. The zero-order valence-electron chi connectivity index (χ0n) is 17.1. The molecule has 0 aromatic heterocycles. The maximum atomic E-state index is 13.3. The van der Waals surface area contributed by atoms with Crippen molar-refractivity contribution in [2.24, 2.45) is 0 Å². The molecular formula is C21H25FN2O5S. The maximum Gasteiger partial charge on any atom is 0.338 e. The van der Waals surface area contributed by atoms with Gasteiger partial charge in [0, 0.05) is 19.1 Å². The number of hydrogen-bond acceptors (Lipinski definition) is 5. The van der Waals surface area contributed by atoms with Gasteiger partial charge in [-0.3, -0.25) is 4.79 Å². The van der Waals surface area contributed by atoms with Crippen LogP contribution in [0.25, 0.3) is 0 Å². The van der Waals surface area contributed by atoms with Crippen LogP contribution in [0.2, 0.25) is 0 Å². The number of benzene rings is 2. The zero-order valence-corrected chi connectivity index (χ0v) is 17.9. The largest absolute Gasteiger partial charge is 0.452 e. The molecule has 0 atom stereocenters. The standard InChI is InChI=1S/C21H25FN2O5S/c1-4-24(13-16-6-5-7-18(22)12-16)20(25)14-29-21(26)17-8-10-19(11-9-17)30(27,28)23-15(2)3/h5-12,15,23H,4,13-14H2,1-3H3. The van der Waals surface area contributed by atoms with Gasteiger partial charge in [-0.05, 0) is 62.7 Å². The van der Waals surface area contributed by atoms with Crippen molar-refractivity contribution in [1.29, 1.82) is 0 Å². The highest BCUT2D eigenvalue weighted by Gasteiger charge is 2.18. The second kappa shape index (κ2) is 10.3. The second-order valence-electron chi connectivity index (χ2n) is 6.91. The Morgan fingerprint density at radius 1 is 1.13 bits per heavy atom. The first-order chi connectivity index (χ1) is 14.1. The van der Waals surface area contributed by atoms with Crippen LogP contribution in [0, 0.1) is 5.82 Å². The van der Waals surface area contributed by atoms with E-state index < -0.39 is 34.3 Å². The van der Waals surface area contributed by atoms with Crippen molar-refractivity contribution in [2.75, 3.05) is 13.2 Å². The lowest BCUT2D eigenvalue weighted by molar-refractivity contribution is -0.134. The van der Waals surface area contributed by atoms with Crippen LogP contribution in [0.5, 0.6) is 0 Å². The molecule has 0 unspecified atom stereocenters. The van der Waals surface area contributed by atoms with Crippen molar-refractivity contribution in [3.8, 4) is 0 Å². The minimum atomic E-state index is -3.66. The average Bonchev–Trinajstić information content (AvgIpc) is 2.69. The average molecular weight is 437 g/mol. The van der Waals surface area contributed by atoms with E-state index in [1.807, 2.05) is 0 Å². The molecule has 2 aromatic rings. The maximum absolute atomic E-state index is 13.3. The van der Waals surface area contributed by atoms with Gasteiger partial charge in [0.2, 0.25) is 10.0 Å². The SMILES string of the molecule is CCN(Cc1cccc(F)c1)C(=O)COC(=O)c1ccc(S(=O)(=O)NC(C)C)cc1. The predicted molar refractivity (Wildman–Crippen MR) is 110 cm³/mol. The number of rotatable bonds is 9. The molecule has 0 spiro atoms. The number of amides is 1. The Hall–Kier alpha value is -2.78. The molecule has 0 radical (unpaired) electrons. The van der Waals surface area contributed by atoms with Gasteiger partial charge in [0.25, 0.3) is 5.91 Å². The molecule has 2 aromatic carbocycles. The highest BCUT2D eigenvalue weighted by Crippen LogP contribution is 2.13. The van der Waals surface area contributed by atoms with Crippen LogP contribution < -0.4 is 4.72 Å². The molecule has 0 fully saturated rings. The molecule has 0 heterocycles. The summed E-state index contributed by atoms with van der Waals surface area (Å²) in [5.41, 5.74) is 0.753. The number of carbonyl (C=O) groups excluding carboxylic acids is 2. The Morgan fingerprint density at radius 2 is 1.80 bits per heavy atom. The van der Waals surface area contributed by atoms with Gasteiger partial charge >= 0.3 is 5.97 Å². The van der Waals surface area contributed by atoms with Crippen molar-refractivity contribution < 1.29 is 27.1 Å². The topological polar surface area (TPSA) is 92.8 Å². The Bertz CT molecular complexity index is 991. The van der Waals surface area contributed by atoms with E-state index >= 15 is 0 Å². The number of likely N-dealkylation sites (N-methyl/N-ethyl adjacent to an activating group) is 1. The third kappa shape index (κ3) is 6.64. The van der Waals surface area contributed by atoms with E-state index in [4.69, 9.17) is 4.74 Å². The minimum absolute atomic E-state index is 0.0241. The quantitative estimate of drug-likeness (QED) is 0.610. The van der Waals surface area contributed by atoms with Gasteiger partial charge in [-0.1, -0.05) is 12.1 Å². The molecule has 0 saturated heterocycles. The van der Waals surface area contributed by atoms with E-state index in [0.717, 1.165) is 0 Å². The number of esters is 1. The van der Waals surface area contributed by atoms with Crippen LogP contribution >= 0.6 is 0 Å². The Kier molecular flexibility index (Phi) is 8.08. The Labute approximate surface area is 175 Å². The number of halogens is 1. The summed E-state index contributed by atoms with van der Waals surface area (Å²) in [5.74, 6) is -1.56. The van der Waals surface area contributed by atoms with Crippen molar-refractivity contribution in [3.63, 3.8) is 0 Å². The van der Waals surface area contributed by atoms with Gasteiger partial charge < -0.3 is 9.64 Å². The van der Waals surface area contributed by atoms with Crippen molar-refractivity contribution in [2.45, 2.75) is 38.3 Å².